The molecule has 2 unspecified atom stereocenters. The maximum Gasteiger partial charge on any atom is 0.336 e. The van der Waals surface area contributed by atoms with Crippen LogP contribution in [-0.4, -0.2) is 35.8 Å². The second-order valence-corrected chi connectivity index (χ2v) is 7.60. The molecule has 1 aliphatic rings. The molecule has 7 heteroatoms. The van der Waals surface area contributed by atoms with Crippen LogP contribution in [0.25, 0.3) is 10.9 Å². The highest BCUT2D eigenvalue weighted by molar-refractivity contribution is 6.31. The van der Waals surface area contributed by atoms with Gasteiger partial charge < -0.3 is 9.47 Å². The van der Waals surface area contributed by atoms with Gasteiger partial charge in [0.2, 0.25) is 0 Å². The van der Waals surface area contributed by atoms with Crippen LogP contribution in [0.2, 0.25) is 5.15 Å². The van der Waals surface area contributed by atoms with Crippen LogP contribution in [0.3, 0.4) is 0 Å². The van der Waals surface area contributed by atoms with Crippen LogP contribution in [0.4, 0.5) is 0 Å². The Kier molecular flexibility index (Phi) is 6.56. The summed E-state index contributed by atoms with van der Waals surface area (Å²) in [6.45, 7) is 9.37. The molecule has 30 heavy (non-hydrogen) atoms. The minimum atomic E-state index is -0.797. The Balaban J connectivity index is 2.27. The Hall–Kier alpha value is -2.73. The first-order valence-corrected chi connectivity index (χ1v) is 10.3. The van der Waals surface area contributed by atoms with Crippen molar-refractivity contribution < 1.29 is 19.1 Å². The van der Waals surface area contributed by atoms with Crippen molar-refractivity contribution in [3.05, 3.63) is 51.8 Å². The third kappa shape index (κ3) is 4.10. The van der Waals surface area contributed by atoms with E-state index in [2.05, 4.69) is 9.98 Å². The number of aryl methyl sites for hydroxylation is 1. The number of hydrogen-bond acceptors (Lipinski definition) is 6. The molecule has 0 spiro atoms. The molecule has 2 atom stereocenters. The van der Waals surface area contributed by atoms with E-state index < -0.39 is 23.8 Å². The van der Waals surface area contributed by atoms with E-state index in [0.717, 1.165) is 16.5 Å². The molecular formula is C23H25ClN2O4. The van der Waals surface area contributed by atoms with Crippen molar-refractivity contribution in [3.8, 4) is 0 Å². The minimum Gasteiger partial charge on any atom is -0.465 e. The quantitative estimate of drug-likeness (QED) is 0.506. The van der Waals surface area contributed by atoms with E-state index in [4.69, 9.17) is 21.1 Å². The van der Waals surface area contributed by atoms with Gasteiger partial charge in [0, 0.05) is 22.7 Å². The van der Waals surface area contributed by atoms with E-state index in [1.165, 1.54) is 0 Å². The summed E-state index contributed by atoms with van der Waals surface area (Å²) >= 11 is 6.59. The van der Waals surface area contributed by atoms with E-state index in [0.29, 0.717) is 22.5 Å². The van der Waals surface area contributed by atoms with Gasteiger partial charge >= 0.3 is 11.9 Å². The normalized spacial score (nSPS) is 18.9. The number of rotatable bonds is 5. The third-order valence-corrected chi connectivity index (χ3v) is 5.45. The highest BCUT2D eigenvalue weighted by Crippen LogP contribution is 2.43. The summed E-state index contributed by atoms with van der Waals surface area (Å²) in [7, 11) is 0. The fourth-order valence-electron chi connectivity index (χ4n) is 3.89. The zero-order chi connectivity index (χ0) is 22.0. The Morgan fingerprint density at radius 3 is 2.43 bits per heavy atom. The summed E-state index contributed by atoms with van der Waals surface area (Å²) in [5.74, 6) is -2.48. The Bertz CT molecular complexity index is 1070. The van der Waals surface area contributed by atoms with Crippen LogP contribution in [-0.2, 0) is 19.1 Å². The smallest absolute Gasteiger partial charge is 0.336 e. The number of ether oxygens (including phenoxy) is 2. The Labute approximate surface area is 180 Å². The molecule has 0 radical (unpaired) electrons. The predicted octanol–water partition coefficient (Wildman–Crippen LogP) is 4.77. The van der Waals surface area contributed by atoms with Gasteiger partial charge in [-0.2, -0.15) is 0 Å². The molecule has 0 saturated carbocycles. The SMILES string of the molecule is CCOC(=O)C1=C(C)N=C(C)C(C(=O)OCC)C1c1cc2cc(C)ccc2nc1Cl. The minimum absolute atomic E-state index is 0.206. The maximum absolute atomic E-state index is 12.9. The number of aromatic nitrogens is 1. The highest BCUT2D eigenvalue weighted by atomic mass is 35.5. The lowest BCUT2D eigenvalue weighted by Gasteiger charge is -2.31. The van der Waals surface area contributed by atoms with Crippen molar-refractivity contribution in [3.63, 3.8) is 0 Å². The first kappa shape index (κ1) is 22.0. The summed E-state index contributed by atoms with van der Waals surface area (Å²) in [5.41, 5.74) is 3.74. The summed E-state index contributed by atoms with van der Waals surface area (Å²) < 4.78 is 10.6. The number of benzene rings is 1. The number of pyridine rings is 1. The number of carbonyl (C=O) groups is 2. The number of halogens is 1. The first-order valence-electron chi connectivity index (χ1n) is 9.94. The van der Waals surface area contributed by atoms with Crippen LogP contribution in [0.15, 0.2) is 40.5 Å². The van der Waals surface area contributed by atoms with Gasteiger partial charge in [-0.1, -0.05) is 23.2 Å². The molecule has 0 amide bonds. The van der Waals surface area contributed by atoms with Crippen LogP contribution in [0.5, 0.6) is 0 Å². The van der Waals surface area contributed by atoms with Crippen molar-refractivity contribution >= 4 is 40.2 Å². The molecule has 0 fully saturated rings. The van der Waals surface area contributed by atoms with Crippen LogP contribution in [0.1, 0.15) is 44.7 Å². The van der Waals surface area contributed by atoms with Gasteiger partial charge in [-0.25, -0.2) is 9.78 Å². The zero-order valence-corrected chi connectivity index (χ0v) is 18.5. The lowest BCUT2D eigenvalue weighted by molar-refractivity contribution is -0.146. The number of esters is 2. The number of aliphatic imine (C=N–C) groups is 1. The average Bonchev–Trinajstić information content (AvgIpc) is 2.67. The van der Waals surface area contributed by atoms with Gasteiger partial charge in [0.05, 0.1) is 24.3 Å². The van der Waals surface area contributed by atoms with Gasteiger partial charge in [0.15, 0.2) is 0 Å². The average molecular weight is 429 g/mol. The molecule has 0 N–H and O–H groups in total. The van der Waals surface area contributed by atoms with E-state index in [1.807, 2.05) is 31.2 Å². The Morgan fingerprint density at radius 1 is 1.07 bits per heavy atom. The number of fused-ring (bicyclic) bond motifs is 1. The number of carbonyl (C=O) groups excluding carboxylic acids is 2. The van der Waals surface area contributed by atoms with Crippen molar-refractivity contribution in [2.45, 2.75) is 40.5 Å². The molecule has 6 nitrogen and oxygen atoms in total. The Morgan fingerprint density at radius 2 is 1.77 bits per heavy atom. The number of allylic oxidation sites excluding steroid dienone is 1. The summed E-state index contributed by atoms with van der Waals surface area (Å²) in [6, 6.07) is 7.73. The zero-order valence-electron chi connectivity index (χ0n) is 17.8. The van der Waals surface area contributed by atoms with E-state index >= 15 is 0 Å². The molecule has 2 aromatic rings. The van der Waals surface area contributed by atoms with Gasteiger partial charge in [0.1, 0.15) is 11.1 Å². The summed E-state index contributed by atoms with van der Waals surface area (Å²) in [4.78, 5) is 34.8. The number of hydrogen-bond donors (Lipinski definition) is 0. The van der Waals surface area contributed by atoms with Crippen LogP contribution in [0, 0.1) is 12.8 Å². The van der Waals surface area contributed by atoms with E-state index in [1.54, 1.807) is 27.7 Å². The molecule has 1 aliphatic heterocycles. The van der Waals surface area contributed by atoms with Gasteiger partial charge in [-0.15, -0.1) is 0 Å². The van der Waals surface area contributed by atoms with Crippen molar-refractivity contribution in [1.29, 1.82) is 0 Å². The highest BCUT2D eigenvalue weighted by Gasteiger charge is 2.43. The second kappa shape index (κ2) is 8.96. The number of nitrogens with zero attached hydrogens (tertiary/aromatic N) is 2. The fourth-order valence-corrected chi connectivity index (χ4v) is 4.15. The van der Waals surface area contributed by atoms with Crippen molar-refractivity contribution in [2.75, 3.05) is 13.2 Å². The second-order valence-electron chi connectivity index (χ2n) is 7.24. The van der Waals surface area contributed by atoms with E-state index in [-0.39, 0.29) is 18.4 Å². The molecule has 0 aliphatic carbocycles. The molecule has 1 aromatic heterocycles. The van der Waals surface area contributed by atoms with Crippen molar-refractivity contribution in [1.82, 2.24) is 4.98 Å². The third-order valence-electron chi connectivity index (χ3n) is 5.15. The standard InChI is InChI=1S/C23H25ClN2O4/c1-6-29-22(27)18-13(4)25-14(5)19(23(28)30-7-2)20(18)16-11-15-10-12(3)8-9-17(15)26-21(16)24/h8-11,18,20H,6-7H2,1-5H3. The van der Waals surface area contributed by atoms with Gasteiger partial charge in [0.25, 0.3) is 0 Å². The van der Waals surface area contributed by atoms with Crippen LogP contribution < -0.4 is 0 Å². The first-order chi connectivity index (χ1) is 14.3. The summed E-state index contributed by atoms with van der Waals surface area (Å²) in [6.07, 6.45) is 0. The van der Waals surface area contributed by atoms with Gasteiger partial charge in [-0.3, -0.25) is 9.79 Å². The molecule has 2 heterocycles. The largest absolute Gasteiger partial charge is 0.465 e. The topological polar surface area (TPSA) is 77.8 Å². The predicted molar refractivity (Wildman–Crippen MR) is 117 cm³/mol. The molecule has 158 valence electrons. The molecule has 0 saturated heterocycles. The lowest BCUT2D eigenvalue weighted by atomic mass is 9.76. The van der Waals surface area contributed by atoms with E-state index in [9.17, 15) is 9.59 Å². The monoisotopic (exact) mass is 428 g/mol. The molecule has 3 rings (SSSR count). The lowest BCUT2D eigenvalue weighted by Crippen LogP contribution is -2.36. The maximum atomic E-state index is 12.9. The summed E-state index contributed by atoms with van der Waals surface area (Å²) in [5, 5.41) is 1.10. The fraction of sp³-hybridized carbons (Fsp3) is 0.391. The molecule has 0 bridgehead atoms. The molecular weight excluding hydrogens is 404 g/mol. The van der Waals surface area contributed by atoms with Crippen LogP contribution >= 0.6 is 11.6 Å². The molecule has 1 aromatic carbocycles. The van der Waals surface area contributed by atoms with Gasteiger partial charge in [-0.05, 0) is 58.4 Å². The van der Waals surface area contributed by atoms with Crippen molar-refractivity contribution in [2.24, 2.45) is 10.9 Å².